The summed E-state index contributed by atoms with van der Waals surface area (Å²) in [5, 5.41) is 12.1. The van der Waals surface area contributed by atoms with Crippen LogP contribution in [0.3, 0.4) is 0 Å². The first-order valence-corrected chi connectivity index (χ1v) is 14.2. The normalized spacial score (nSPS) is 11.2. The van der Waals surface area contributed by atoms with Crippen molar-refractivity contribution in [3.63, 3.8) is 0 Å². The van der Waals surface area contributed by atoms with Crippen LogP contribution in [0.25, 0.3) is 10.8 Å². The molecular formula is C32H24N2O7S. The van der Waals surface area contributed by atoms with Gasteiger partial charge in [0.05, 0.1) is 21.1 Å². The number of fused-ring (bicyclic) bond motifs is 1. The van der Waals surface area contributed by atoms with Crippen LogP contribution in [0.1, 0.15) is 31.8 Å². The fraction of sp³-hybridized carbons (Fsp3) is 0.0625. The summed E-state index contributed by atoms with van der Waals surface area (Å²) in [7, 11) is -4.67. The highest BCUT2D eigenvalue weighted by molar-refractivity contribution is 7.93. The standard InChI is InChI=1S/C32H24N2O7S/c1-21-10-14-23(15-11-21)31(35)33(42(39,40)26-7-5-6-25(20-26)34(37)38)29-18-19-30(28-9-4-3-8-27(28)29)41-32(36)24-16-12-22(2)13-17-24/h3-20H,1-2H3. The van der Waals surface area contributed by atoms with Gasteiger partial charge in [0.25, 0.3) is 21.6 Å². The molecule has 9 nitrogen and oxygen atoms in total. The highest BCUT2D eigenvalue weighted by Crippen LogP contribution is 2.38. The number of benzene rings is 5. The number of sulfonamides is 1. The number of non-ortho nitro benzene ring substituents is 1. The summed E-state index contributed by atoms with van der Waals surface area (Å²) in [6.45, 7) is 3.72. The van der Waals surface area contributed by atoms with E-state index in [0.29, 0.717) is 20.6 Å². The van der Waals surface area contributed by atoms with Crippen LogP contribution in [0.4, 0.5) is 11.4 Å². The zero-order chi connectivity index (χ0) is 30.0. The largest absolute Gasteiger partial charge is 0.422 e. The average Bonchev–Trinajstić information content (AvgIpc) is 2.99. The fourth-order valence-corrected chi connectivity index (χ4v) is 5.87. The van der Waals surface area contributed by atoms with E-state index in [0.717, 1.165) is 23.3 Å². The Hall–Kier alpha value is -5.35. The van der Waals surface area contributed by atoms with Gasteiger partial charge in [-0.1, -0.05) is 65.7 Å². The topological polar surface area (TPSA) is 124 Å². The van der Waals surface area contributed by atoms with Gasteiger partial charge in [0.1, 0.15) is 5.75 Å². The summed E-state index contributed by atoms with van der Waals surface area (Å²) >= 11 is 0. The lowest BCUT2D eigenvalue weighted by molar-refractivity contribution is -0.385. The molecule has 0 aromatic heterocycles. The number of ether oxygens (including phenoxy) is 1. The van der Waals surface area contributed by atoms with Crippen LogP contribution in [-0.2, 0) is 10.0 Å². The van der Waals surface area contributed by atoms with Gasteiger partial charge in [-0.15, -0.1) is 0 Å². The second kappa shape index (κ2) is 11.3. The Labute approximate surface area is 241 Å². The predicted molar refractivity (Wildman–Crippen MR) is 158 cm³/mol. The third kappa shape index (κ3) is 5.48. The summed E-state index contributed by atoms with van der Waals surface area (Å²) in [5.41, 5.74) is 1.81. The van der Waals surface area contributed by atoms with Crippen molar-refractivity contribution in [3.05, 3.63) is 142 Å². The molecule has 0 fully saturated rings. The summed E-state index contributed by atoms with van der Waals surface area (Å²) < 4.78 is 34.5. The highest BCUT2D eigenvalue weighted by atomic mass is 32.2. The zero-order valence-electron chi connectivity index (χ0n) is 22.6. The van der Waals surface area contributed by atoms with Crippen LogP contribution in [0.5, 0.6) is 5.75 Å². The molecular weight excluding hydrogens is 556 g/mol. The molecule has 5 rings (SSSR count). The number of carbonyl (C=O) groups excluding carboxylic acids is 2. The summed E-state index contributed by atoms with van der Waals surface area (Å²) in [6, 6.07) is 27.1. The number of carbonyl (C=O) groups is 2. The molecule has 1 amide bonds. The maximum Gasteiger partial charge on any atom is 0.343 e. The number of anilines is 1. The number of aryl methyl sites for hydroxylation is 2. The van der Waals surface area contributed by atoms with Crippen molar-refractivity contribution in [3.8, 4) is 5.75 Å². The van der Waals surface area contributed by atoms with Gasteiger partial charge in [-0.3, -0.25) is 14.9 Å². The van der Waals surface area contributed by atoms with E-state index in [9.17, 15) is 28.1 Å². The summed E-state index contributed by atoms with van der Waals surface area (Å²) in [4.78, 5) is 37.1. The van der Waals surface area contributed by atoms with E-state index in [1.807, 2.05) is 13.8 Å². The lowest BCUT2D eigenvalue weighted by atomic mass is 10.1. The quantitative estimate of drug-likeness (QED) is 0.0917. The van der Waals surface area contributed by atoms with E-state index >= 15 is 0 Å². The Morgan fingerprint density at radius 3 is 1.95 bits per heavy atom. The van der Waals surface area contributed by atoms with Crippen LogP contribution in [-0.4, -0.2) is 25.2 Å². The third-order valence-electron chi connectivity index (χ3n) is 6.62. The minimum Gasteiger partial charge on any atom is -0.422 e. The van der Waals surface area contributed by atoms with E-state index < -0.39 is 37.4 Å². The molecule has 0 radical (unpaired) electrons. The Morgan fingerprint density at radius 1 is 0.738 bits per heavy atom. The van der Waals surface area contributed by atoms with Crippen molar-refractivity contribution < 1.29 is 27.7 Å². The minimum atomic E-state index is -4.67. The van der Waals surface area contributed by atoms with Gasteiger partial charge in [0.15, 0.2) is 0 Å². The first-order chi connectivity index (χ1) is 20.1. The number of rotatable bonds is 7. The van der Waals surface area contributed by atoms with E-state index in [2.05, 4.69) is 0 Å². The number of hydrogen-bond acceptors (Lipinski definition) is 7. The molecule has 0 saturated carbocycles. The summed E-state index contributed by atoms with van der Waals surface area (Å²) in [5.74, 6) is -1.31. The molecule has 0 aliphatic heterocycles. The zero-order valence-corrected chi connectivity index (χ0v) is 23.4. The Morgan fingerprint density at radius 2 is 1.33 bits per heavy atom. The van der Waals surface area contributed by atoms with Gasteiger partial charge in [-0.2, -0.15) is 4.31 Å². The van der Waals surface area contributed by atoms with E-state index in [4.69, 9.17) is 4.74 Å². The van der Waals surface area contributed by atoms with Gasteiger partial charge in [0.2, 0.25) is 0 Å². The van der Waals surface area contributed by atoms with Gasteiger partial charge in [0, 0.05) is 28.5 Å². The van der Waals surface area contributed by atoms with Crippen LogP contribution in [0.15, 0.2) is 114 Å². The van der Waals surface area contributed by atoms with Gasteiger partial charge >= 0.3 is 5.97 Å². The SMILES string of the molecule is Cc1ccc(C(=O)Oc2ccc(N(C(=O)c3ccc(C)cc3)S(=O)(=O)c3cccc([N+](=O)[O-])c3)c3ccccc23)cc1. The molecule has 210 valence electrons. The maximum absolute atomic E-state index is 14.1. The molecule has 0 unspecified atom stereocenters. The lowest BCUT2D eigenvalue weighted by Crippen LogP contribution is -2.37. The van der Waals surface area contributed by atoms with Crippen molar-refractivity contribution in [2.24, 2.45) is 0 Å². The second-order valence-corrected chi connectivity index (χ2v) is 11.4. The number of nitro benzene ring substituents is 1. The minimum absolute atomic E-state index is 0.0159. The summed E-state index contributed by atoms with van der Waals surface area (Å²) in [6.07, 6.45) is 0. The average molecular weight is 581 g/mol. The smallest absolute Gasteiger partial charge is 0.343 e. The molecule has 0 N–H and O–H groups in total. The first-order valence-electron chi connectivity index (χ1n) is 12.8. The highest BCUT2D eigenvalue weighted by Gasteiger charge is 2.34. The molecule has 0 spiro atoms. The third-order valence-corrected chi connectivity index (χ3v) is 8.31. The van der Waals surface area contributed by atoms with E-state index in [1.165, 1.54) is 36.4 Å². The van der Waals surface area contributed by atoms with Crippen LogP contribution in [0.2, 0.25) is 0 Å². The van der Waals surface area contributed by atoms with Crippen molar-refractivity contribution in [2.45, 2.75) is 18.7 Å². The van der Waals surface area contributed by atoms with E-state index in [1.54, 1.807) is 60.7 Å². The van der Waals surface area contributed by atoms with Crippen molar-refractivity contribution in [1.82, 2.24) is 0 Å². The number of esters is 1. The lowest BCUT2D eigenvalue weighted by Gasteiger charge is -2.25. The molecule has 0 heterocycles. The Kier molecular flexibility index (Phi) is 7.56. The van der Waals surface area contributed by atoms with Gasteiger partial charge in [-0.05, 0) is 56.3 Å². The maximum atomic E-state index is 14.1. The van der Waals surface area contributed by atoms with Gasteiger partial charge in [-0.25, -0.2) is 13.2 Å². The van der Waals surface area contributed by atoms with Gasteiger partial charge < -0.3 is 4.74 Å². The number of hydrogen-bond donors (Lipinski definition) is 0. The van der Waals surface area contributed by atoms with Crippen molar-refractivity contribution in [1.29, 1.82) is 0 Å². The Bertz CT molecular complexity index is 1950. The van der Waals surface area contributed by atoms with Crippen LogP contribution in [0, 0.1) is 24.0 Å². The van der Waals surface area contributed by atoms with Crippen LogP contribution < -0.4 is 9.04 Å². The molecule has 0 aliphatic carbocycles. The predicted octanol–water partition coefficient (Wildman–Crippen LogP) is 6.62. The molecule has 5 aromatic rings. The molecule has 0 bridgehead atoms. The number of nitro groups is 1. The molecule has 0 saturated heterocycles. The Balaban J connectivity index is 1.67. The molecule has 5 aromatic carbocycles. The number of nitrogens with zero attached hydrogens (tertiary/aromatic N) is 2. The van der Waals surface area contributed by atoms with Crippen LogP contribution >= 0.6 is 0 Å². The second-order valence-electron chi connectivity index (χ2n) is 9.58. The van der Waals surface area contributed by atoms with E-state index in [-0.39, 0.29) is 17.0 Å². The first kappa shape index (κ1) is 28.2. The molecule has 0 atom stereocenters. The van der Waals surface area contributed by atoms with Crippen molar-refractivity contribution in [2.75, 3.05) is 4.31 Å². The number of amides is 1. The monoisotopic (exact) mass is 580 g/mol. The molecule has 42 heavy (non-hydrogen) atoms. The molecule has 10 heteroatoms. The molecule has 0 aliphatic rings. The fourth-order valence-electron chi connectivity index (χ4n) is 4.39. The van der Waals surface area contributed by atoms with Crippen molar-refractivity contribution >= 4 is 44.0 Å².